The average molecular weight is 396 g/mol. The summed E-state index contributed by atoms with van der Waals surface area (Å²) < 4.78 is 5.54. The van der Waals surface area contributed by atoms with Crippen LogP contribution in [0.5, 0.6) is 0 Å². The molecule has 3 aromatic carbocycles. The van der Waals surface area contributed by atoms with Gasteiger partial charge in [-0.15, -0.1) is 0 Å². The largest absolute Gasteiger partial charge is 0.449 e. The second-order valence-electron chi connectivity index (χ2n) is 7.62. The van der Waals surface area contributed by atoms with Crippen LogP contribution in [-0.4, -0.2) is 19.2 Å². The van der Waals surface area contributed by atoms with Crippen molar-refractivity contribution in [1.82, 2.24) is 5.32 Å². The van der Waals surface area contributed by atoms with Crippen molar-refractivity contribution in [2.45, 2.75) is 26.2 Å². The van der Waals surface area contributed by atoms with Gasteiger partial charge in [-0.1, -0.05) is 78.1 Å². The summed E-state index contributed by atoms with van der Waals surface area (Å²) in [5.74, 6) is 6.37. The van der Waals surface area contributed by atoms with Gasteiger partial charge in [-0.2, -0.15) is 0 Å². The summed E-state index contributed by atoms with van der Waals surface area (Å²) in [4.78, 5) is 12.2. The van der Waals surface area contributed by atoms with Crippen molar-refractivity contribution in [3.8, 4) is 23.0 Å². The number of benzene rings is 3. The Hall–Kier alpha value is -3.51. The van der Waals surface area contributed by atoms with Gasteiger partial charge in [-0.25, -0.2) is 4.79 Å². The monoisotopic (exact) mass is 395 g/mol. The minimum atomic E-state index is -0.398. The number of fused-ring (bicyclic) bond motifs is 3. The van der Waals surface area contributed by atoms with Crippen molar-refractivity contribution in [1.29, 1.82) is 0 Å². The van der Waals surface area contributed by atoms with Gasteiger partial charge in [0, 0.05) is 24.4 Å². The second kappa shape index (κ2) is 8.88. The molecular formula is C27H25NO2. The standard InChI is InChI=1S/C27H25NO2/c1-19-14-15-21(20(2)17-19)9-7-8-16-28-27(29)30-18-26-24-12-5-3-10-22(24)23-11-4-6-13-25(23)26/h3-6,10-15,17,26H,8,16,18H2,1-2H3,(H,28,29). The zero-order valence-electron chi connectivity index (χ0n) is 17.4. The van der Waals surface area contributed by atoms with E-state index in [1.165, 1.54) is 33.4 Å². The van der Waals surface area contributed by atoms with Gasteiger partial charge in [0.05, 0.1) is 0 Å². The molecule has 0 saturated carbocycles. The van der Waals surface area contributed by atoms with E-state index in [-0.39, 0.29) is 5.92 Å². The van der Waals surface area contributed by atoms with Crippen molar-refractivity contribution in [2.75, 3.05) is 13.2 Å². The number of hydrogen-bond acceptors (Lipinski definition) is 2. The van der Waals surface area contributed by atoms with Crippen LogP contribution < -0.4 is 5.32 Å². The fourth-order valence-electron chi connectivity index (χ4n) is 3.99. The predicted octanol–water partition coefficient (Wildman–Crippen LogP) is 5.58. The summed E-state index contributed by atoms with van der Waals surface area (Å²) in [5.41, 5.74) is 8.31. The van der Waals surface area contributed by atoms with Gasteiger partial charge in [-0.3, -0.25) is 0 Å². The third kappa shape index (κ3) is 4.23. The molecule has 3 nitrogen and oxygen atoms in total. The normalized spacial score (nSPS) is 11.8. The molecule has 30 heavy (non-hydrogen) atoms. The number of carbonyl (C=O) groups is 1. The number of aryl methyl sites for hydroxylation is 2. The second-order valence-corrected chi connectivity index (χ2v) is 7.62. The first-order valence-corrected chi connectivity index (χ1v) is 10.3. The summed E-state index contributed by atoms with van der Waals surface area (Å²) in [5, 5.41) is 2.80. The number of hydrogen-bond donors (Lipinski definition) is 1. The van der Waals surface area contributed by atoms with E-state index in [1.54, 1.807) is 0 Å². The summed E-state index contributed by atoms with van der Waals surface area (Å²) in [6.07, 6.45) is 0.183. The lowest BCUT2D eigenvalue weighted by atomic mass is 9.98. The molecule has 0 heterocycles. The lowest BCUT2D eigenvalue weighted by Gasteiger charge is -2.14. The summed E-state index contributed by atoms with van der Waals surface area (Å²) in [6.45, 7) is 4.93. The zero-order valence-corrected chi connectivity index (χ0v) is 17.4. The minimum absolute atomic E-state index is 0.0763. The van der Waals surface area contributed by atoms with Crippen LogP contribution in [-0.2, 0) is 4.74 Å². The lowest BCUT2D eigenvalue weighted by Crippen LogP contribution is -2.26. The van der Waals surface area contributed by atoms with Gasteiger partial charge < -0.3 is 10.1 Å². The van der Waals surface area contributed by atoms with Gasteiger partial charge in [0.25, 0.3) is 0 Å². The Balaban J connectivity index is 1.29. The molecule has 0 bridgehead atoms. The molecule has 1 aliphatic carbocycles. The molecule has 4 rings (SSSR count). The lowest BCUT2D eigenvalue weighted by molar-refractivity contribution is 0.143. The van der Waals surface area contributed by atoms with Gasteiger partial charge in [0.1, 0.15) is 6.61 Å². The Bertz CT molecular complexity index is 1090. The number of nitrogens with one attached hydrogen (secondary N) is 1. The van der Waals surface area contributed by atoms with E-state index in [4.69, 9.17) is 4.74 Å². The molecule has 0 saturated heterocycles. The van der Waals surface area contributed by atoms with Crippen molar-refractivity contribution in [3.05, 3.63) is 94.5 Å². The molecule has 0 radical (unpaired) electrons. The fourth-order valence-corrected chi connectivity index (χ4v) is 3.99. The molecule has 150 valence electrons. The SMILES string of the molecule is Cc1ccc(C#CCCNC(=O)OCC2c3ccccc3-c3ccccc32)c(C)c1. The molecule has 1 aliphatic rings. The van der Waals surface area contributed by atoms with Crippen molar-refractivity contribution in [3.63, 3.8) is 0 Å². The Morgan fingerprint density at radius 1 is 0.967 bits per heavy atom. The Labute approximate surface area is 178 Å². The van der Waals surface area contributed by atoms with Crippen molar-refractivity contribution in [2.24, 2.45) is 0 Å². The zero-order chi connectivity index (χ0) is 20.9. The first-order valence-electron chi connectivity index (χ1n) is 10.3. The van der Waals surface area contributed by atoms with Crippen LogP contribution in [0.1, 0.15) is 40.2 Å². The topological polar surface area (TPSA) is 38.3 Å². The third-order valence-electron chi connectivity index (χ3n) is 5.47. The number of amides is 1. The maximum Gasteiger partial charge on any atom is 0.407 e. The van der Waals surface area contributed by atoms with E-state index >= 15 is 0 Å². The maximum absolute atomic E-state index is 12.2. The quantitative estimate of drug-likeness (QED) is 0.462. The molecule has 0 aromatic heterocycles. The van der Waals surface area contributed by atoms with Gasteiger partial charge in [-0.05, 0) is 47.7 Å². The Morgan fingerprint density at radius 2 is 1.63 bits per heavy atom. The summed E-state index contributed by atoms with van der Waals surface area (Å²) >= 11 is 0. The summed E-state index contributed by atoms with van der Waals surface area (Å²) in [6, 6.07) is 22.9. The summed E-state index contributed by atoms with van der Waals surface area (Å²) in [7, 11) is 0. The third-order valence-corrected chi connectivity index (χ3v) is 5.47. The predicted molar refractivity (Wildman–Crippen MR) is 120 cm³/mol. The molecular weight excluding hydrogens is 370 g/mol. The maximum atomic E-state index is 12.2. The molecule has 3 heteroatoms. The molecule has 0 unspecified atom stereocenters. The highest BCUT2D eigenvalue weighted by molar-refractivity contribution is 5.79. The van der Waals surface area contributed by atoms with Crippen LogP contribution in [0.3, 0.4) is 0 Å². The van der Waals surface area contributed by atoms with Crippen LogP contribution >= 0.6 is 0 Å². The van der Waals surface area contributed by atoms with E-state index in [0.29, 0.717) is 19.6 Å². The molecule has 1 amide bonds. The molecule has 0 spiro atoms. The van der Waals surface area contributed by atoms with Crippen molar-refractivity contribution >= 4 is 6.09 Å². The number of ether oxygens (including phenoxy) is 1. The molecule has 1 N–H and O–H groups in total. The molecule has 0 atom stereocenters. The van der Waals surface area contributed by atoms with Crippen LogP contribution in [0, 0.1) is 25.7 Å². The van der Waals surface area contributed by atoms with Gasteiger partial charge in [0.15, 0.2) is 0 Å². The van der Waals surface area contributed by atoms with E-state index in [1.807, 2.05) is 30.3 Å². The first-order chi connectivity index (χ1) is 14.6. The van der Waals surface area contributed by atoms with E-state index in [2.05, 4.69) is 67.4 Å². The van der Waals surface area contributed by atoms with Crippen LogP contribution in [0.25, 0.3) is 11.1 Å². The van der Waals surface area contributed by atoms with Crippen LogP contribution in [0.15, 0.2) is 66.7 Å². The van der Waals surface area contributed by atoms with Crippen molar-refractivity contribution < 1.29 is 9.53 Å². The number of carbonyl (C=O) groups excluding carboxylic acids is 1. The van der Waals surface area contributed by atoms with E-state index in [9.17, 15) is 4.79 Å². The van der Waals surface area contributed by atoms with Gasteiger partial charge in [0.2, 0.25) is 0 Å². The van der Waals surface area contributed by atoms with E-state index < -0.39 is 6.09 Å². The molecule has 0 fully saturated rings. The smallest absolute Gasteiger partial charge is 0.407 e. The number of rotatable bonds is 4. The van der Waals surface area contributed by atoms with Gasteiger partial charge >= 0.3 is 6.09 Å². The fraction of sp³-hybridized carbons (Fsp3) is 0.222. The highest BCUT2D eigenvalue weighted by Crippen LogP contribution is 2.44. The van der Waals surface area contributed by atoms with Crippen LogP contribution in [0.4, 0.5) is 4.79 Å². The highest BCUT2D eigenvalue weighted by atomic mass is 16.5. The molecule has 3 aromatic rings. The Kier molecular flexibility index (Phi) is 5.86. The average Bonchev–Trinajstić information content (AvgIpc) is 3.07. The minimum Gasteiger partial charge on any atom is -0.449 e. The van der Waals surface area contributed by atoms with E-state index in [0.717, 1.165) is 5.56 Å². The Morgan fingerprint density at radius 3 is 2.30 bits per heavy atom. The first kappa shape index (κ1) is 19.8. The highest BCUT2D eigenvalue weighted by Gasteiger charge is 2.28. The molecule has 0 aliphatic heterocycles. The van der Waals surface area contributed by atoms with Crippen LogP contribution in [0.2, 0.25) is 0 Å². The number of alkyl carbamates (subject to hydrolysis) is 1.